The van der Waals surface area contributed by atoms with E-state index in [1.807, 2.05) is 0 Å². The minimum Gasteiger partial charge on any atom is -0.550 e. The number of carbonyl (C=O) groups is 1. The van der Waals surface area contributed by atoms with Crippen LogP contribution in [0, 0.1) is 0 Å². The monoisotopic (exact) mass is 488 g/mol. The van der Waals surface area contributed by atoms with Crippen molar-refractivity contribution in [1.82, 2.24) is 0 Å². The Kier molecular flexibility index (Phi) is 36.1. The number of aliphatic carboxylic acids is 1. The van der Waals surface area contributed by atoms with Crippen LogP contribution in [-0.2, 0) is 4.79 Å². The second-order valence-corrected chi connectivity index (χ2v) is 10.7. The summed E-state index contributed by atoms with van der Waals surface area (Å²) in [4.78, 5) is 10.3. The molecule has 0 spiro atoms. The molecule has 0 radical (unpaired) electrons. The Balaban J connectivity index is 0. The van der Waals surface area contributed by atoms with Gasteiger partial charge in [-0.05, 0) is 12.8 Å². The summed E-state index contributed by atoms with van der Waals surface area (Å²) in [6.07, 6.45) is 39.1. The molecular formula is C31H61NaO2. The van der Waals surface area contributed by atoms with Gasteiger partial charge in [0.15, 0.2) is 0 Å². The molecule has 0 amide bonds. The van der Waals surface area contributed by atoms with Gasteiger partial charge in [-0.1, -0.05) is 180 Å². The third-order valence-corrected chi connectivity index (χ3v) is 7.23. The molecule has 34 heavy (non-hydrogen) atoms. The Bertz CT molecular complexity index is 372. The maximum atomic E-state index is 10.3. The summed E-state index contributed by atoms with van der Waals surface area (Å²) in [6.45, 7) is 2.30. The number of carbonyl (C=O) groups excluding carboxylic acids is 1. The molecule has 0 aromatic rings. The number of hydrogen-bond acceptors (Lipinski definition) is 2. The SMILES string of the molecule is CCCCCCCCCCCCCCCCCCCCCCCCCCCCCCC(=O)[O-].[Na+]. The zero-order valence-corrected chi connectivity index (χ0v) is 25.8. The maximum absolute atomic E-state index is 10.3. The molecule has 0 aromatic carbocycles. The van der Waals surface area contributed by atoms with Crippen LogP contribution in [0.3, 0.4) is 0 Å². The Morgan fingerprint density at radius 1 is 0.382 bits per heavy atom. The van der Waals surface area contributed by atoms with Crippen molar-refractivity contribution in [3.63, 3.8) is 0 Å². The molecule has 0 aliphatic carbocycles. The average Bonchev–Trinajstić information content (AvgIpc) is 2.80. The maximum Gasteiger partial charge on any atom is 1.00 e. The molecule has 2 nitrogen and oxygen atoms in total. The summed E-state index contributed by atoms with van der Waals surface area (Å²) in [5.41, 5.74) is 0. The second kappa shape index (κ2) is 33.5. The standard InChI is InChI=1S/C31H62O2.Na/c1-2-3-4-5-6-7-8-9-10-11-12-13-14-15-16-17-18-19-20-21-22-23-24-25-26-27-28-29-30-31(32)33;/h2-30H2,1H3,(H,32,33);/q;+1/p-1. The van der Waals surface area contributed by atoms with Crippen LogP contribution in [0.2, 0.25) is 0 Å². The predicted molar refractivity (Wildman–Crippen MR) is 145 cm³/mol. The molecule has 0 bridgehead atoms. The molecule has 198 valence electrons. The zero-order chi connectivity index (χ0) is 24.1. The molecule has 0 unspecified atom stereocenters. The Hall–Kier alpha value is 0.470. The van der Waals surface area contributed by atoms with E-state index in [1.165, 1.54) is 167 Å². The summed E-state index contributed by atoms with van der Waals surface area (Å²) in [5.74, 6) is -0.898. The first-order chi connectivity index (χ1) is 16.3. The van der Waals surface area contributed by atoms with Crippen LogP contribution in [0.4, 0.5) is 0 Å². The molecule has 0 heterocycles. The number of rotatable bonds is 29. The molecule has 0 fully saturated rings. The molecule has 3 heteroatoms. The van der Waals surface area contributed by atoms with Gasteiger partial charge in [0.2, 0.25) is 0 Å². The summed E-state index contributed by atoms with van der Waals surface area (Å²) in [5, 5.41) is 10.3. The minimum absolute atomic E-state index is 0. The first-order valence-electron chi connectivity index (χ1n) is 15.5. The van der Waals surface area contributed by atoms with Crippen LogP contribution in [0.1, 0.15) is 193 Å². The van der Waals surface area contributed by atoms with Crippen molar-refractivity contribution < 1.29 is 39.5 Å². The van der Waals surface area contributed by atoms with Crippen LogP contribution in [0.15, 0.2) is 0 Å². The van der Waals surface area contributed by atoms with Crippen molar-refractivity contribution in [2.75, 3.05) is 0 Å². The number of carboxylic acid groups (broad SMARTS) is 1. The van der Waals surface area contributed by atoms with E-state index in [2.05, 4.69) is 6.92 Å². The molecule has 0 aromatic heterocycles. The van der Waals surface area contributed by atoms with Gasteiger partial charge in [0.05, 0.1) is 0 Å². The van der Waals surface area contributed by atoms with E-state index >= 15 is 0 Å². The Labute approximate surface area is 237 Å². The van der Waals surface area contributed by atoms with E-state index in [-0.39, 0.29) is 36.0 Å². The van der Waals surface area contributed by atoms with Crippen molar-refractivity contribution >= 4 is 5.97 Å². The second-order valence-electron chi connectivity index (χ2n) is 10.7. The molecule has 0 saturated carbocycles. The number of carboxylic acids is 1. The summed E-state index contributed by atoms with van der Waals surface area (Å²) in [6, 6.07) is 0. The van der Waals surface area contributed by atoms with Gasteiger partial charge in [0, 0.05) is 5.97 Å². The largest absolute Gasteiger partial charge is 1.00 e. The molecule has 0 aliphatic rings. The molecule has 0 rings (SSSR count). The van der Waals surface area contributed by atoms with E-state index in [0.717, 1.165) is 12.8 Å². The minimum atomic E-state index is -0.898. The third-order valence-electron chi connectivity index (χ3n) is 7.23. The van der Waals surface area contributed by atoms with Gasteiger partial charge in [-0.3, -0.25) is 0 Å². The fourth-order valence-electron chi connectivity index (χ4n) is 4.94. The molecule has 0 saturated heterocycles. The summed E-state index contributed by atoms with van der Waals surface area (Å²) < 4.78 is 0. The van der Waals surface area contributed by atoms with Crippen molar-refractivity contribution in [3.05, 3.63) is 0 Å². The van der Waals surface area contributed by atoms with Gasteiger partial charge in [-0.25, -0.2) is 0 Å². The predicted octanol–water partition coefficient (Wildman–Crippen LogP) is 7.07. The van der Waals surface area contributed by atoms with E-state index in [4.69, 9.17) is 0 Å². The quantitative estimate of drug-likeness (QED) is 0.0834. The fraction of sp³-hybridized carbons (Fsp3) is 0.968. The normalized spacial score (nSPS) is 11.0. The first-order valence-corrected chi connectivity index (χ1v) is 15.5. The van der Waals surface area contributed by atoms with Crippen LogP contribution < -0.4 is 34.7 Å². The van der Waals surface area contributed by atoms with Gasteiger partial charge in [-0.15, -0.1) is 0 Å². The van der Waals surface area contributed by atoms with Crippen LogP contribution in [0.5, 0.6) is 0 Å². The summed E-state index contributed by atoms with van der Waals surface area (Å²) >= 11 is 0. The zero-order valence-electron chi connectivity index (χ0n) is 23.8. The van der Waals surface area contributed by atoms with Crippen LogP contribution in [0.25, 0.3) is 0 Å². The van der Waals surface area contributed by atoms with Gasteiger partial charge in [0.1, 0.15) is 0 Å². The number of unbranched alkanes of at least 4 members (excludes halogenated alkanes) is 27. The van der Waals surface area contributed by atoms with Crippen LogP contribution >= 0.6 is 0 Å². The Morgan fingerprint density at radius 3 is 0.735 bits per heavy atom. The van der Waals surface area contributed by atoms with Crippen molar-refractivity contribution in [1.29, 1.82) is 0 Å². The topological polar surface area (TPSA) is 40.1 Å². The summed E-state index contributed by atoms with van der Waals surface area (Å²) in [7, 11) is 0. The van der Waals surface area contributed by atoms with E-state index in [0.29, 0.717) is 0 Å². The van der Waals surface area contributed by atoms with Crippen molar-refractivity contribution in [3.8, 4) is 0 Å². The molecule has 0 atom stereocenters. The molecule has 0 N–H and O–H groups in total. The third kappa shape index (κ3) is 34.6. The van der Waals surface area contributed by atoms with E-state index in [9.17, 15) is 9.90 Å². The van der Waals surface area contributed by atoms with E-state index < -0.39 is 5.97 Å². The Morgan fingerprint density at radius 2 is 0.559 bits per heavy atom. The molecular weight excluding hydrogens is 427 g/mol. The van der Waals surface area contributed by atoms with Crippen molar-refractivity contribution in [2.24, 2.45) is 0 Å². The molecule has 0 aliphatic heterocycles. The van der Waals surface area contributed by atoms with Crippen LogP contribution in [-0.4, -0.2) is 5.97 Å². The van der Waals surface area contributed by atoms with Gasteiger partial charge < -0.3 is 9.90 Å². The van der Waals surface area contributed by atoms with Crippen molar-refractivity contribution in [2.45, 2.75) is 193 Å². The van der Waals surface area contributed by atoms with E-state index in [1.54, 1.807) is 0 Å². The fourth-order valence-corrected chi connectivity index (χ4v) is 4.94. The average molecular weight is 489 g/mol. The first kappa shape index (κ1) is 36.6. The number of hydrogen-bond donors (Lipinski definition) is 0. The van der Waals surface area contributed by atoms with Gasteiger partial charge in [-0.2, -0.15) is 0 Å². The van der Waals surface area contributed by atoms with Gasteiger partial charge >= 0.3 is 29.6 Å². The smallest absolute Gasteiger partial charge is 0.550 e. The van der Waals surface area contributed by atoms with Gasteiger partial charge in [0.25, 0.3) is 0 Å².